The summed E-state index contributed by atoms with van der Waals surface area (Å²) in [6.45, 7) is 4.98. The quantitative estimate of drug-likeness (QED) is 0.576. The molecule has 0 saturated heterocycles. The van der Waals surface area contributed by atoms with Gasteiger partial charge in [-0.2, -0.15) is 18.2 Å². The van der Waals surface area contributed by atoms with Crippen LogP contribution >= 0.6 is 11.5 Å². The zero-order chi connectivity index (χ0) is 22.1. The lowest BCUT2D eigenvalue weighted by Gasteiger charge is -2.10. The molecule has 1 N–H and O–H groups in total. The number of fused-ring (bicyclic) bond motifs is 1. The van der Waals surface area contributed by atoms with Crippen molar-refractivity contribution in [3.63, 3.8) is 0 Å². The van der Waals surface area contributed by atoms with E-state index in [9.17, 15) is 22.8 Å². The number of amides is 1. The van der Waals surface area contributed by atoms with Crippen molar-refractivity contribution < 1.29 is 27.5 Å². The molecule has 0 spiro atoms. The third-order valence-corrected chi connectivity index (χ3v) is 4.76. The number of halogens is 3. The topological polar surface area (TPSA) is 124 Å². The number of carbonyl (C=O) groups is 2. The summed E-state index contributed by atoms with van der Waals surface area (Å²) >= 11 is 0.832. The minimum atomic E-state index is -4.69. The largest absolute Gasteiger partial charge is 0.461 e. The molecule has 3 aromatic heterocycles. The van der Waals surface area contributed by atoms with E-state index in [-0.39, 0.29) is 35.9 Å². The fourth-order valence-corrected chi connectivity index (χ4v) is 3.30. The number of esters is 1. The molecule has 30 heavy (non-hydrogen) atoms. The van der Waals surface area contributed by atoms with Gasteiger partial charge in [-0.25, -0.2) is 14.3 Å². The number of alkyl halides is 3. The third-order valence-electron chi connectivity index (χ3n) is 4.11. The first-order valence-corrected chi connectivity index (χ1v) is 9.48. The molecule has 10 nitrogen and oxygen atoms in total. The summed E-state index contributed by atoms with van der Waals surface area (Å²) in [4.78, 5) is 31.6. The van der Waals surface area contributed by atoms with E-state index in [0.717, 1.165) is 16.0 Å². The number of hydrogen-bond donors (Lipinski definition) is 1. The zero-order valence-corrected chi connectivity index (χ0v) is 16.9. The van der Waals surface area contributed by atoms with Gasteiger partial charge in [-0.05, 0) is 32.8 Å². The molecule has 0 bridgehead atoms. The number of anilines is 1. The molecule has 3 rings (SSSR count). The van der Waals surface area contributed by atoms with Gasteiger partial charge in [0.15, 0.2) is 5.00 Å². The van der Waals surface area contributed by atoms with Crippen LogP contribution in [0.4, 0.5) is 18.2 Å². The minimum absolute atomic E-state index is 0.0180. The van der Waals surface area contributed by atoms with Gasteiger partial charge in [-0.1, -0.05) is 4.49 Å². The van der Waals surface area contributed by atoms with Crippen LogP contribution in [-0.4, -0.2) is 47.7 Å². The number of carbonyl (C=O) groups excluding carboxylic acids is 2. The molecule has 160 valence electrons. The number of hydrogen-bond acceptors (Lipinski definition) is 9. The summed E-state index contributed by atoms with van der Waals surface area (Å²) in [5.74, 6) is -2.58. The van der Waals surface area contributed by atoms with Crippen LogP contribution in [0.25, 0.3) is 5.78 Å². The Morgan fingerprint density at radius 2 is 1.97 bits per heavy atom. The molecule has 3 aromatic rings. The van der Waals surface area contributed by atoms with Gasteiger partial charge in [0.05, 0.1) is 6.61 Å². The molecule has 0 radical (unpaired) electrons. The number of ether oxygens (including phenoxy) is 1. The Labute approximate surface area is 171 Å². The molecule has 0 fully saturated rings. The Balaban J connectivity index is 1.75. The fraction of sp³-hybridized carbons (Fsp3) is 0.438. The smallest absolute Gasteiger partial charge is 0.453 e. The first kappa shape index (κ1) is 21.5. The highest BCUT2D eigenvalue weighted by Crippen LogP contribution is 2.27. The molecular weight excluding hydrogens is 427 g/mol. The summed E-state index contributed by atoms with van der Waals surface area (Å²) in [5.41, 5.74) is 1.33. The fourth-order valence-electron chi connectivity index (χ4n) is 2.72. The van der Waals surface area contributed by atoms with Crippen LogP contribution in [0, 0.1) is 13.8 Å². The number of aryl methyl sites for hydroxylation is 2. The van der Waals surface area contributed by atoms with E-state index < -0.39 is 23.9 Å². The van der Waals surface area contributed by atoms with E-state index in [4.69, 9.17) is 4.74 Å². The molecule has 0 aliphatic carbocycles. The van der Waals surface area contributed by atoms with Gasteiger partial charge in [0, 0.05) is 29.3 Å². The average Bonchev–Trinajstić information content (AvgIpc) is 3.28. The molecule has 0 aliphatic rings. The second-order valence-electron chi connectivity index (χ2n) is 6.13. The predicted octanol–water partition coefficient (Wildman–Crippen LogP) is 2.36. The van der Waals surface area contributed by atoms with Gasteiger partial charge in [0.2, 0.25) is 11.6 Å². The van der Waals surface area contributed by atoms with Crippen molar-refractivity contribution in [2.75, 3.05) is 11.9 Å². The van der Waals surface area contributed by atoms with Crippen molar-refractivity contribution in [3.05, 3.63) is 28.5 Å². The monoisotopic (exact) mass is 443 g/mol. The van der Waals surface area contributed by atoms with Crippen LogP contribution in [0.15, 0.2) is 0 Å². The summed E-state index contributed by atoms with van der Waals surface area (Å²) in [5, 5.41) is 9.83. The first-order chi connectivity index (χ1) is 14.1. The van der Waals surface area contributed by atoms with Gasteiger partial charge < -0.3 is 10.1 Å². The Morgan fingerprint density at radius 1 is 1.23 bits per heavy atom. The first-order valence-electron chi connectivity index (χ1n) is 8.71. The maximum absolute atomic E-state index is 12.9. The van der Waals surface area contributed by atoms with Crippen molar-refractivity contribution in [3.8, 4) is 0 Å². The molecule has 0 atom stereocenters. The summed E-state index contributed by atoms with van der Waals surface area (Å²) in [6.07, 6.45) is -4.52. The van der Waals surface area contributed by atoms with Crippen LogP contribution < -0.4 is 5.32 Å². The Kier molecular flexibility index (Phi) is 5.96. The van der Waals surface area contributed by atoms with E-state index in [1.165, 1.54) is 0 Å². The molecule has 3 heterocycles. The highest BCUT2D eigenvalue weighted by atomic mass is 32.1. The second kappa shape index (κ2) is 8.30. The van der Waals surface area contributed by atoms with E-state index in [1.807, 2.05) is 0 Å². The van der Waals surface area contributed by atoms with Crippen molar-refractivity contribution in [2.45, 2.75) is 39.8 Å². The van der Waals surface area contributed by atoms with Gasteiger partial charge in [-0.15, -0.1) is 10.2 Å². The zero-order valence-electron chi connectivity index (χ0n) is 16.1. The average molecular weight is 443 g/mol. The number of nitrogens with one attached hydrogen (secondary N) is 1. The number of nitrogens with zero attached hydrogens (tertiary/aromatic N) is 6. The van der Waals surface area contributed by atoms with Crippen LogP contribution in [0.3, 0.4) is 0 Å². The minimum Gasteiger partial charge on any atom is -0.461 e. The van der Waals surface area contributed by atoms with Gasteiger partial charge >= 0.3 is 12.1 Å². The van der Waals surface area contributed by atoms with E-state index in [2.05, 4.69) is 30.0 Å². The molecule has 0 aromatic carbocycles. The summed E-state index contributed by atoms with van der Waals surface area (Å²) in [7, 11) is 0. The predicted molar refractivity (Wildman–Crippen MR) is 98.1 cm³/mol. The molecule has 0 unspecified atom stereocenters. The lowest BCUT2D eigenvalue weighted by Crippen LogP contribution is -2.16. The summed E-state index contributed by atoms with van der Waals surface area (Å²) < 4.78 is 48.1. The molecule has 1 amide bonds. The van der Waals surface area contributed by atoms with E-state index in [1.54, 1.807) is 20.8 Å². The van der Waals surface area contributed by atoms with Gasteiger partial charge in [0.1, 0.15) is 0 Å². The SMILES string of the molecule is CCOC(=O)c1nnsc1NC(=O)CCc1c(C)nc2nc(C(F)(F)F)nn2c1C. The lowest BCUT2D eigenvalue weighted by atomic mass is 10.1. The van der Waals surface area contributed by atoms with Crippen LogP contribution in [0.1, 0.15) is 46.6 Å². The third kappa shape index (κ3) is 4.37. The molecule has 14 heteroatoms. The Morgan fingerprint density at radius 3 is 2.63 bits per heavy atom. The highest BCUT2D eigenvalue weighted by molar-refractivity contribution is 7.10. The molecule has 0 saturated carbocycles. The van der Waals surface area contributed by atoms with E-state index >= 15 is 0 Å². The standard InChI is InChI=1S/C16H16F3N7O3S/c1-4-29-13(28)11-12(30-25-23-11)21-10(27)6-5-9-7(2)20-15-22-14(16(17,18)19)24-26(15)8(9)3/h4-6H2,1-3H3,(H,21,27). The van der Waals surface area contributed by atoms with Crippen molar-refractivity contribution in [1.82, 2.24) is 29.2 Å². The van der Waals surface area contributed by atoms with Crippen molar-refractivity contribution in [2.24, 2.45) is 0 Å². The van der Waals surface area contributed by atoms with Crippen molar-refractivity contribution >= 4 is 34.2 Å². The van der Waals surface area contributed by atoms with Crippen LogP contribution in [0.2, 0.25) is 0 Å². The van der Waals surface area contributed by atoms with Crippen molar-refractivity contribution in [1.29, 1.82) is 0 Å². The maximum Gasteiger partial charge on any atom is 0.453 e. The number of aromatic nitrogens is 6. The van der Waals surface area contributed by atoms with E-state index in [0.29, 0.717) is 17.0 Å². The number of rotatable bonds is 6. The Hall–Kier alpha value is -3.16. The van der Waals surface area contributed by atoms with Crippen LogP contribution in [0.5, 0.6) is 0 Å². The van der Waals surface area contributed by atoms with Gasteiger partial charge in [0.25, 0.3) is 11.6 Å². The molecular formula is C16H16F3N7O3S. The lowest BCUT2D eigenvalue weighted by molar-refractivity contribution is -0.144. The van der Waals surface area contributed by atoms with Crippen LogP contribution in [-0.2, 0) is 22.1 Å². The van der Waals surface area contributed by atoms with Gasteiger partial charge in [-0.3, -0.25) is 4.79 Å². The maximum atomic E-state index is 12.9. The summed E-state index contributed by atoms with van der Waals surface area (Å²) in [6, 6.07) is 0. The Bertz CT molecular complexity index is 1110. The second-order valence-corrected chi connectivity index (χ2v) is 6.88. The highest BCUT2D eigenvalue weighted by Gasteiger charge is 2.37. The normalized spacial score (nSPS) is 11.7. The molecule has 0 aliphatic heterocycles.